The molecule has 4 nitrogen and oxygen atoms in total. The number of ether oxygens (including phenoxy) is 1. The van der Waals surface area contributed by atoms with Crippen LogP contribution in [-0.4, -0.2) is 23.1 Å². The van der Waals surface area contributed by atoms with E-state index in [9.17, 15) is 9.59 Å². The number of carboxylic acids is 1. The van der Waals surface area contributed by atoms with Crippen molar-refractivity contribution in [2.75, 3.05) is 0 Å². The first kappa shape index (κ1) is 45.4. The summed E-state index contributed by atoms with van der Waals surface area (Å²) in [4.78, 5) is 23.2. The Bertz CT molecular complexity index is 892. The smallest absolute Gasteiger partial charge is 0.306 e. The summed E-state index contributed by atoms with van der Waals surface area (Å²) in [7, 11) is 0. The maximum absolute atomic E-state index is 12.6. The molecule has 0 aromatic carbocycles. The van der Waals surface area contributed by atoms with E-state index in [2.05, 4.69) is 86.8 Å². The Hall–Kier alpha value is -2.62. The highest BCUT2D eigenvalue weighted by Gasteiger charge is 2.14. The summed E-state index contributed by atoms with van der Waals surface area (Å²) in [6.07, 6.45) is 55.0. The van der Waals surface area contributed by atoms with Gasteiger partial charge in [0.05, 0.1) is 0 Å². The van der Waals surface area contributed by atoms with Crippen LogP contribution in [0.1, 0.15) is 187 Å². The minimum absolute atomic E-state index is 0.0184. The summed E-state index contributed by atoms with van der Waals surface area (Å²) in [6, 6.07) is 0. The molecule has 0 heterocycles. The maximum Gasteiger partial charge on any atom is 0.306 e. The van der Waals surface area contributed by atoms with Crippen LogP contribution in [0.4, 0.5) is 0 Å². The zero-order chi connectivity index (χ0) is 35.0. The van der Waals surface area contributed by atoms with Crippen molar-refractivity contribution < 1.29 is 19.4 Å². The van der Waals surface area contributed by atoms with E-state index in [0.717, 1.165) is 103 Å². The summed E-state index contributed by atoms with van der Waals surface area (Å²) >= 11 is 0. The third-order valence-corrected chi connectivity index (χ3v) is 8.44. The molecule has 0 radical (unpaired) electrons. The molecule has 0 rings (SSSR count). The van der Waals surface area contributed by atoms with Gasteiger partial charge in [-0.2, -0.15) is 0 Å². The van der Waals surface area contributed by atoms with Crippen LogP contribution in [-0.2, 0) is 14.3 Å². The Morgan fingerprint density at radius 1 is 0.479 bits per heavy atom. The van der Waals surface area contributed by atoms with Crippen molar-refractivity contribution in [2.24, 2.45) is 0 Å². The van der Waals surface area contributed by atoms with E-state index in [1.807, 2.05) is 0 Å². The molecule has 48 heavy (non-hydrogen) atoms. The number of carboxylic acid groups (broad SMARTS) is 1. The first-order valence-electron chi connectivity index (χ1n) is 19.9. The molecule has 0 fully saturated rings. The quantitative estimate of drug-likeness (QED) is 0.0415. The minimum atomic E-state index is -0.688. The lowest BCUT2D eigenvalue weighted by molar-refractivity contribution is -0.150. The molecule has 0 aromatic heterocycles. The molecule has 0 aromatic rings. The molecular formula is C44H74O4. The molecule has 0 aliphatic carbocycles. The van der Waals surface area contributed by atoms with Crippen LogP contribution in [0.25, 0.3) is 0 Å². The monoisotopic (exact) mass is 667 g/mol. The summed E-state index contributed by atoms with van der Waals surface area (Å²) in [5.74, 6) is -0.706. The van der Waals surface area contributed by atoms with E-state index in [4.69, 9.17) is 9.84 Å². The zero-order valence-corrected chi connectivity index (χ0v) is 31.3. The minimum Gasteiger partial charge on any atom is -0.481 e. The second-order valence-corrected chi connectivity index (χ2v) is 13.1. The number of carbonyl (C=O) groups excluding carboxylic acids is 1. The molecule has 4 heteroatoms. The van der Waals surface area contributed by atoms with Crippen LogP contribution in [0.3, 0.4) is 0 Å². The van der Waals surface area contributed by atoms with Crippen LogP contribution < -0.4 is 0 Å². The Labute approximate surface area is 297 Å². The normalized spacial score (nSPS) is 13.0. The topological polar surface area (TPSA) is 63.6 Å². The van der Waals surface area contributed by atoms with E-state index in [1.54, 1.807) is 0 Å². The van der Waals surface area contributed by atoms with Crippen molar-refractivity contribution in [2.45, 2.75) is 193 Å². The molecule has 1 N–H and O–H groups in total. The number of unbranched alkanes of at least 4 members (excludes halogenated alkanes) is 14. The zero-order valence-electron chi connectivity index (χ0n) is 31.3. The highest BCUT2D eigenvalue weighted by molar-refractivity contribution is 5.69. The summed E-state index contributed by atoms with van der Waals surface area (Å²) in [5.41, 5.74) is 0. The average Bonchev–Trinajstić information content (AvgIpc) is 3.07. The Morgan fingerprint density at radius 2 is 0.875 bits per heavy atom. The van der Waals surface area contributed by atoms with Gasteiger partial charge in [0.25, 0.3) is 0 Å². The summed E-state index contributed by atoms with van der Waals surface area (Å²) in [6.45, 7) is 4.41. The van der Waals surface area contributed by atoms with E-state index in [-0.39, 0.29) is 12.1 Å². The fourth-order valence-electron chi connectivity index (χ4n) is 5.54. The van der Waals surface area contributed by atoms with Crippen molar-refractivity contribution in [3.63, 3.8) is 0 Å². The largest absolute Gasteiger partial charge is 0.481 e. The van der Waals surface area contributed by atoms with E-state index < -0.39 is 5.97 Å². The van der Waals surface area contributed by atoms with Gasteiger partial charge in [0.2, 0.25) is 0 Å². The van der Waals surface area contributed by atoms with Crippen molar-refractivity contribution >= 4 is 11.9 Å². The second-order valence-electron chi connectivity index (χ2n) is 13.1. The van der Waals surface area contributed by atoms with Crippen LogP contribution >= 0.6 is 0 Å². The molecule has 0 bridgehead atoms. The van der Waals surface area contributed by atoms with E-state index in [1.165, 1.54) is 57.8 Å². The van der Waals surface area contributed by atoms with Crippen LogP contribution in [0, 0.1) is 0 Å². The molecule has 0 spiro atoms. The molecule has 0 saturated heterocycles. The van der Waals surface area contributed by atoms with Gasteiger partial charge < -0.3 is 9.84 Å². The average molecular weight is 667 g/mol. The van der Waals surface area contributed by atoms with Gasteiger partial charge in [-0.05, 0) is 89.9 Å². The van der Waals surface area contributed by atoms with Gasteiger partial charge in [-0.15, -0.1) is 0 Å². The lowest BCUT2D eigenvalue weighted by Gasteiger charge is -2.18. The molecule has 0 aliphatic heterocycles. The number of aliphatic carboxylic acids is 1. The van der Waals surface area contributed by atoms with Crippen molar-refractivity contribution in [1.82, 2.24) is 0 Å². The predicted octanol–water partition coefficient (Wildman–Crippen LogP) is 13.9. The standard InChI is InChI=1S/C44H74O4/c1-3-5-7-9-11-12-13-14-15-16-17-18-19-20-21-22-23-24-29-33-37-41-44(47)48-42(38-34-30-10-8-6-4-2)39-35-31-27-25-26-28-32-36-40-43(45)46/h5,7,11-12,14-15,17-18,20-21,23-24,42H,3-4,6,8-10,13,16,19,22,25-41H2,1-2H3,(H,45,46)/b7-5-,12-11-,15-14-,18-17-,21-20-,24-23-. The van der Waals surface area contributed by atoms with Gasteiger partial charge in [-0.25, -0.2) is 0 Å². The number of hydrogen-bond donors (Lipinski definition) is 1. The molecule has 0 amide bonds. The molecule has 1 atom stereocenters. The van der Waals surface area contributed by atoms with Crippen molar-refractivity contribution in [1.29, 1.82) is 0 Å². The maximum atomic E-state index is 12.6. The highest BCUT2D eigenvalue weighted by atomic mass is 16.5. The SMILES string of the molecule is CC/C=C\C/C=C\C/C=C\C/C=C\C/C=C\C/C=C\CCCCC(=O)OC(CCCCCCCC)CCCCCCCCCCC(=O)O. The second kappa shape index (κ2) is 38.8. The number of rotatable bonds is 35. The molecular weight excluding hydrogens is 592 g/mol. The predicted molar refractivity (Wildman–Crippen MR) is 208 cm³/mol. The summed E-state index contributed by atoms with van der Waals surface area (Å²) < 4.78 is 5.99. The Kier molecular flexibility index (Phi) is 36.7. The van der Waals surface area contributed by atoms with Crippen LogP contribution in [0.2, 0.25) is 0 Å². The molecule has 0 aliphatic rings. The third kappa shape index (κ3) is 37.8. The Balaban J connectivity index is 4.04. The van der Waals surface area contributed by atoms with Gasteiger partial charge in [0.15, 0.2) is 0 Å². The fourth-order valence-corrected chi connectivity index (χ4v) is 5.54. The number of hydrogen-bond acceptors (Lipinski definition) is 3. The number of esters is 1. The van der Waals surface area contributed by atoms with Gasteiger partial charge in [0.1, 0.15) is 6.10 Å². The van der Waals surface area contributed by atoms with Crippen molar-refractivity contribution in [3.8, 4) is 0 Å². The lowest BCUT2D eigenvalue weighted by Crippen LogP contribution is -2.18. The first-order chi connectivity index (χ1) is 23.6. The van der Waals surface area contributed by atoms with Gasteiger partial charge in [-0.1, -0.05) is 157 Å². The van der Waals surface area contributed by atoms with E-state index >= 15 is 0 Å². The number of allylic oxidation sites excluding steroid dienone is 12. The number of carbonyl (C=O) groups is 2. The third-order valence-electron chi connectivity index (χ3n) is 8.44. The summed E-state index contributed by atoms with van der Waals surface area (Å²) in [5, 5.41) is 8.73. The van der Waals surface area contributed by atoms with Gasteiger partial charge >= 0.3 is 11.9 Å². The molecule has 0 saturated carbocycles. The van der Waals surface area contributed by atoms with Crippen LogP contribution in [0.15, 0.2) is 72.9 Å². The first-order valence-corrected chi connectivity index (χ1v) is 19.9. The molecule has 1 unspecified atom stereocenters. The fraction of sp³-hybridized carbons (Fsp3) is 0.682. The highest BCUT2D eigenvalue weighted by Crippen LogP contribution is 2.18. The molecule has 274 valence electrons. The lowest BCUT2D eigenvalue weighted by atomic mass is 10.0. The Morgan fingerprint density at radius 3 is 1.33 bits per heavy atom. The van der Waals surface area contributed by atoms with Gasteiger partial charge in [-0.3, -0.25) is 9.59 Å². The van der Waals surface area contributed by atoms with Crippen molar-refractivity contribution in [3.05, 3.63) is 72.9 Å². The van der Waals surface area contributed by atoms with E-state index in [0.29, 0.717) is 12.8 Å². The van der Waals surface area contributed by atoms with Crippen LogP contribution in [0.5, 0.6) is 0 Å². The van der Waals surface area contributed by atoms with Gasteiger partial charge in [0, 0.05) is 12.8 Å².